The van der Waals surface area contributed by atoms with Gasteiger partial charge in [-0.25, -0.2) is 0 Å². The van der Waals surface area contributed by atoms with Gasteiger partial charge >= 0.3 is 5.69 Å². The molecule has 0 heterocycles. The first-order chi connectivity index (χ1) is 9.13. The zero-order valence-corrected chi connectivity index (χ0v) is 12.2. The molecule has 2 aromatic rings. The number of para-hydroxylation sites is 2. The Kier molecular flexibility index (Phi) is 4.20. The number of rotatable bonds is 4. The Labute approximate surface area is 123 Å². The molecule has 98 valence electrons. The number of ether oxygens (including phenoxy) is 2. The molecule has 0 bridgehead atoms. The first-order valence-corrected chi connectivity index (χ1v) is 6.45. The lowest BCUT2D eigenvalue weighted by Crippen LogP contribution is -1.97. The van der Waals surface area contributed by atoms with Gasteiger partial charge in [0.2, 0.25) is 11.5 Å². The maximum atomic E-state index is 11.1. The molecule has 0 N–H and O–H groups in total. The van der Waals surface area contributed by atoms with Crippen LogP contribution in [0, 0.1) is 13.7 Å². The van der Waals surface area contributed by atoms with E-state index in [-0.39, 0.29) is 17.2 Å². The molecule has 0 amide bonds. The monoisotopic (exact) mass is 371 g/mol. The molecule has 0 saturated heterocycles. The summed E-state index contributed by atoms with van der Waals surface area (Å²) in [5, 5.41) is 11.1. The van der Waals surface area contributed by atoms with Crippen molar-refractivity contribution in [3.8, 4) is 17.2 Å². The van der Waals surface area contributed by atoms with E-state index < -0.39 is 4.92 Å². The van der Waals surface area contributed by atoms with Crippen molar-refractivity contribution in [3.63, 3.8) is 0 Å². The van der Waals surface area contributed by atoms with Gasteiger partial charge in [-0.05, 0) is 46.9 Å². The summed E-state index contributed by atoms with van der Waals surface area (Å²) < 4.78 is 11.5. The average molecular weight is 371 g/mol. The van der Waals surface area contributed by atoms with Gasteiger partial charge in [0, 0.05) is 0 Å². The Morgan fingerprint density at radius 3 is 2.32 bits per heavy atom. The summed E-state index contributed by atoms with van der Waals surface area (Å²) in [6.07, 6.45) is 0. The minimum Gasteiger partial charge on any atom is -0.490 e. The van der Waals surface area contributed by atoms with Crippen LogP contribution in [-0.4, -0.2) is 12.0 Å². The maximum Gasteiger partial charge on any atom is 0.352 e. The fourth-order valence-electron chi connectivity index (χ4n) is 1.58. The number of methoxy groups -OCH3 is 1. The number of hydrogen-bond donors (Lipinski definition) is 0. The third kappa shape index (κ3) is 2.95. The Morgan fingerprint density at radius 2 is 1.68 bits per heavy atom. The molecule has 2 aromatic carbocycles. The van der Waals surface area contributed by atoms with Crippen LogP contribution in [0.25, 0.3) is 0 Å². The van der Waals surface area contributed by atoms with Crippen molar-refractivity contribution >= 4 is 28.3 Å². The van der Waals surface area contributed by atoms with E-state index in [1.165, 1.54) is 13.2 Å². The van der Waals surface area contributed by atoms with E-state index in [0.717, 1.165) is 3.57 Å². The Morgan fingerprint density at radius 1 is 1.05 bits per heavy atom. The van der Waals surface area contributed by atoms with E-state index in [1.54, 1.807) is 18.2 Å². The molecule has 0 aliphatic heterocycles. The van der Waals surface area contributed by atoms with Gasteiger partial charge in [-0.2, -0.15) is 0 Å². The van der Waals surface area contributed by atoms with Gasteiger partial charge in [-0.1, -0.05) is 18.2 Å². The number of nitro groups is 1. The molecule has 0 aliphatic carbocycles. The third-order valence-corrected chi connectivity index (χ3v) is 3.31. The lowest BCUT2D eigenvalue weighted by Gasteiger charge is -2.09. The van der Waals surface area contributed by atoms with Crippen molar-refractivity contribution in [2.75, 3.05) is 7.11 Å². The lowest BCUT2D eigenvalue weighted by molar-refractivity contribution is -0.386. The molecule has 19 heavy (non-hydrogen) atoms. The van der Waals surface area contributed by atoms with Crippen LogP contribution in [-0.2, 0) is 0 Å². The highest BCUT2D eigenvalue weighted by Crippen LogP contribution is 2.39. The standard InChI is InChI=1S/C13H10INO4/c1-18-11-7-4-8-12(13(11)15(16)17)19-10-6-3-2-5-9(10)14/h2-8H,1H3. The molecule has 0 unspecified atom stereocenters. The first kappa shape index (κ1) is 13.6. The van der Waals surface area contributed by atoms with Crippen LogP contribution in [0.3, 0.4) is 0 Å². The Bertz CT molecular complexity index is 615. The summed E-state index contributed by atoms with van der Waals surface area (Å²) in [4.78, 5) is 10.6. The van der Waals surface area contributed by atoms with E-state index in [9.17, 15) is 10.1 Å². The highest BCUT2D eigenvalue weighted by molar-refractivity contribution is 14.1. The minimum atomic E-state index is -0.510. The summed E-state index contributed by atoms with van der Waals surface area (Å²) in [6.45, 7) is 0. The van der Waals surface area contributed by atoms with Crippen molar-refractivity contribution in [3.05, 3.63) is 56.1 Å². The molecular weight excluding hydrogens is 361 g/mol. The van der Waals surface area contributed by atoms with Crippen LogP contribution in [0.5, 0.6) is 17.2 Å². The molecule has 0 radical (unpaired) electrons. The van der Waals surface area contributed by atoms with Crippen molar-refractivity contribution in [2.45, 2.75) is 0 Å². The highest BCUT2D eigenvalue weighted by atomic mass is 127. The maximum absolute atomic E-state index is 11.1. The van der Waals surface area contributed by atoms with E-state index in [2.05, 4.69) is 22.6 Å². The molecule has 0 fully saturated rings. The van der Waals surface area contributed by atoms with Crippen LogP contribution in [0.2, 0.25) is 0 Å². The second kappa shape index (κ2) is 5.87. The van der Waals surface area contributed by atoms with Crippen molar-refractivity contribution < 1.29 is 14.4 Å². The van der Waals surface area contributed by atoms with Crippen LogP contribution in [0.15, 0.2) is 42.5 Å². The van der Waals surface area contributed by atoms with E-state index >= 15 is 0 Å². The molecule has 2 rings (SSSR count). The Balaban J connectivity index is 2.46. The van der Waals surface area contributed by atoms with Gasteiger partial charge in [-0.15, -0.1) is 0 Å². The zero-order chi connectivity index (χ0) is 13.8. The van der Waals surface area contributed by atoms with Crippen molar-refractivity contribution in [1.29, 1.82) is 0 Å². The molecule has 0 atom stereocenters. The molecule has 5 nitrogen and oxygen atoms in total. The van der Waals surface area contributed by atoms with Gasteiger partial charge in [0.25, 0.3) is 0 Å². The molecular formula is C13H10INO4. The average Bonchev–Trinajstić information content (AvgIpc) is 2.40. The zero-order valence-electron chi connectivity index (χ0n) is 10.00. The lowest BCUT2D eigenvalue weighted by atomic mass is 10.2. The van der Waals surface area contributed by atoms with Gasteiger partial charge in [0.05, 0.1) is 15.6 Å². The van der Waals surface area contributed by atoms with Crippen LogP contribution in [0.4, 0.5) is 5.69 Å². The number of benzene rings is 2. The Hall–Kier alpha value is -1.83. The summed E-state index contributed by atoms with van der Waals surface area (Å²) >= 11 is 2.11. The van der Waals surface area contributed by atoms with Crippen LogP contribution >= 0.6 is 22.6 Å². The van der Waals surface area contributed by atoms with Gasteiger partial charge < -0.3 is 9.47 Å². The number of hydrogen-bond acceptors (Lipinski definition) is 4. The van der Waals surface area contributed by atoms with Crippen LogP contribution < -0.4 is 9.47 Å². The van der Waals surface area contributed by atoms with E-state index in [0.29, 0.717) is 5.75 Å². The summed E-state index contributed by atoms with van der Waals surface area (Å²) in [5.74, 6) is 0.904. The van der Waals surface area contributed by atoms with Gasteiger partial charge in [-0.3, -0.25) is 10.1 Å². The number of nitro benzene ring substituents is 1. The highest BCUT2D eigenvalue weighted by Gasteiger charge is 2.22. The quantitative estimate of drug-likeness (QED) is 0.463. The molecule has 0 aliphatic rings. The van der Waals surface area contributed by atoms with E-state index in [1.807, 2.05) is 18.2 Å². The first-order valence-electron chi connectivity index (χ1n) is 5.37. The smallest absolute Gasteiger partial charge is 0.352 e. The predicted octanol–water partition coefficient (Wildman–Crippen LogP) is 4.00. The number of nitrogens with zero attached hydrogens (tertiary/aromatic N) is 1. The summed E-state index contributed by atoms with van der Waals surface area (Å²) in [7, 11) is 1.39. The van der Waals surface area contributed by atoms with Crippen LogP contribution in [0.1, 0.15) is 0 Å². The third-order valence-electron chi connectivity index (χ3n) is 2.42. The topological polar surface area (TPSA) is 61.6 Å². The predicted molar refractivity (Wildman–Crippen MR) is 78.9 cm³/mol. The fourth-order valence-corrected chi connectivity index (χ4v) is 2.07. The normalized spacial score (nSPS) is 10.0. The molecule has 6 heteroatoms. The molecule has 0 aromatic heterocycles. The molecule has 0 spiro atoms. The largest absolute Gasteiger partial charge is 0.490 e. The number of halogens is 1. The van der Waals surface area contributed by atoms with Crippen molar-refractivity contribution in [2.24, 2.45) is 0 Å². The minimum absolute atomic E-state index is 0.161. The second-order valence-electron chi connectivity index (χ2n) is 3.60. The summed E-state index contributed by atoms with van der Waals surface area (Å²) in [5.41, 5.74) is -0.176. The van der Waals surface area contributed by atoms with Crippen molar-refractivity contribution in [1.82, 2.24) is 0 Å². The summed E-state index contributed by atoms with van der Waals surface area (Å²) in [6, 6.07) is 12.0. The SMILES string of the molecule is COc1cccc(Oc2ccccc2I)c1[N+](=O)[O-]. The van der Waals surface area contributed by atoms with Gasteiger partial charge in [0.15, 0.2) is 0 Å². The second-order valence-corrected chi connectivity index (χ2v) is 4.76. The van der Waals surface area contributed by atoms with Gasteiger partial charge in [0.1, 0.15) is 5.75 Å². The molecule has 0 saturated carbocycles. The van der Waals surface area contributed by atoms with E-state index in [4.69, 9.17) is 9.47 Å². The fraction of sp³-hybridized carbons (Fsp3) is 0.0769.